The predicted octanol–water partition coefficient (Wildman–Crippen LogP) is 0.620. The first-order valence-electron chi connectivity index (χ1n) is 3.69. The second-order valence-corrected chi connectivity index (χ2v) is 3.38. The number of fused-ring (bicyclic) bond motifs is 1. The molecule has 0 aliphatic heterocycles. The zero-order chi connectivity index (χ0) is 7.35. The summed E-state index contributed by atoms with van der Waals surface area (Å²) >= 11 is 0. The van der Waals surface area contributed by atoms with Gasteiger partial charge in [0.05, 0.1) is 0 Å². The van der Waals surface area contributed by atoms with E-state index in [1.165, 1.54) is 6.42 Å². The minimum atomic E-state index is -0.821. The lowest BCUT2D eigenvalue weighted by atomic mass is 10.1. The van der Waals surface area contributed by atoms with Gasteiger partial charge in [0, 0.05) is 0 Å². The maximum atomic E-state index is 10.6. The third kappa shape index (κ3) is 0.876. The molecule has 0 aromatic rings. The molecule has 0 radical (unpaired) electrons. The summed E-state index contributed by atoms with van der Waals surface area (Å²) in [6, 6.07) is 0. The largest absolute Gasteiger partial charge is 0.480 e. The van der Waals surface area contributed by atoms with Gasteiger partial charge < -0.3 is 10.8 Å². The molecule has 0 spiro atoms. The van der Waals surface area contributed by atoms with Crippen molar-refractivity contribution in [2.45, 2.75) is 24.8 Å². The van der Waals surface area contributed by atoms with Crippen molar-refractivity contribution in [3.63, 3.8) is 0 Å². The highest BCUT2D eigenvalue weighted by Crippen LogP contribution is 2.58. The van der Waals surface area contributed by atoms with Gasteiger partial charge >= 0.3 is 5.97 Å². The molecule has 2 atom stereocenters. The molecule has 4 heteroatoms. The van der Waals surface area contributed by atoms with Crippen molar-refractivity contribution in [3.05, 3.63) is 0 Å². The average Bonchev–Trinajstić information content (AvgIpc) is 2.28. The van der Waals surface area contributed by atoms with Crippen molar-refractivity contribution in [2.24, 2.45) is 17.6 Å². The Morgan fingerprint density at radius 3 is 2.18 bits per heavy atom. The lowest BCUT2D eigenvalue weighted by molar-refractivity contribution is -0.140. The van der Waals surface area contributed by atoms with E-state index in [1.54, 1.807) is 0 Å². The molecule has 0 heterocycles. The molecular weight excluding hydrogens is 166 g/mol. The van der Waals surface area contributed by atoms with E-state index < -0.39 is 11.5 Å². The summed E-state index contributed by atoms with van der Waals surface area (Å²) < 4.78 is 0. The van der Waals surface area contributed by atoms with E-state index in [2.05, 4.69) is 0 Å². The Morgan fingerprint density at radius 2 is 1.91 bits per heavy atom. The van der Waals surface area contributed by atoms with Gasteiger partial charge in [-0.1, -0.05) is 6.42 Å². The summed E-state index contributed by atoms with van der Waals surface area (Å²) in [7, 11) is 0. The molecule has 2 fully saturated rings. The lowest BCUT2D eigenvalue weighted by Crippen LogP contribution is -2.37. The van der Waals surface area contributed by atoms with Gasteiger partial charge in [-0.05, 0) is 24.7 Å². The van der Waals surface area contributed by atoms with Crippen LogP contribution in [0.4, 0.5) is 0 Å². The average molecular weight is 178 g/mol. The van der Waals surface area contributed by atoms with E-state index in [4.69, 9.17) is 10.8 Å². The standard InChI is InChI=1S/C7H11NO2.ClH/c8-7(6(9)10)4-2-1-3-5(4)7;/h4-5H,1-3,8H2,(H,9,10);1H. The maximum absolute atomic E-state index is 10.6. The minimum Gasteiger partial charge on any atom is -0.480 e. The SMILES string of the molecule is Cl.NC1(C(=O)O)C2CCCC21. The van der Waals surface area contributed by atoms with Crippen LogP contribution in [0.1, 0.15) is 19.3 Å². The summed E-state index contributed by atoms with van der Waals surface area (Å²) in [5, 5.41) is 8.69. The van der Waals surface area contributed by atoms with Crippen LogP contribution in [0.5, 0.6) is 0 Å². The van der Waals surface area contributed by atoms with Crippen LogP contribution in [0.25, 0.3) is 0 Å². The Kier molecular flexibility index (Phi) is 1.89. The van der Waals surface area contributed by atoms with Crippen molar-refractivity contribution in [1.82, 2.24) is 0 Å². The monoisotopic (exact) mass is 177 g/mol. The Morgan fingerprint density at radius 1 is 1.45 bits per heavy atom. The molecule has 11 heavy (non-hydrogen) atoms. The number of aliphatic carboxylic acids is 1. The number of hydrogen-bond acceptors (Lipinski definition) is 2. The molecule has 2 saturated carbocycles. The smallest absolute Gasteiger partial charge is 0.324 e. The molecule has 3 nitrogen and oxygen atoms in total. The van der Waals surface area contributed by atoms with Crippen molar-refractivity contribution in [3.8, 4) is 0 Å². The van der Waals surface area contributed by atoms with Crippen LogP contribution in [-0.4, -0.2) is 16.6 Å². The Labute approximate surface area is 71.4 Å². The fourth-order valence-corrected chi connectivity index (χ4v) is 2.32. The number of hydrogen-bond donors (Lipinski definition) is 2. The number of carboxylic acid groups (broad SMARTS) is 1. The summed E-state index contributed by atoms with van der Waals surface area (Å²) in [6.07, 6.45) is 3.21. The number of rotatable bonds is 1. The van der Waals surface area contributed by atoms with E-state index in [9.17, 15) is 4.79 Å². The van der Waals surface area contributed by atoms with Crippen LogP contribution in [0, 0.1) is 11.8 Å². The summed E-state index contributed by atoms with van der Waals surface area (Å²) in [4.78, 5) is 10.6. The predicted molar refractivity (Wildman–Crippen MR) is 42.6 cm³/mol. The van der Waals surface area contributed by atoms with E-state index >= 15 is 0 Å². The summed E-state index contributed by atoms with van der Waals surface area (Å²) in [5.74, 6) is -0.211. The second-order valence-electron chi connectivity index (χ2n) is 3.38. The number of halogens is 1. The molecular formula is C7H12ClNO2. The van der Waals surface area contributed by atoms with Gasteiger partial charge in [0.2, 0.25) is 0 Å². The molecule has 2 aliphatic carbocycles. The van der Waals surface area contributed by atoms with Gasteiger partial charge in [0.25, 0.3) is 0 Å². The highest BCUT2D eigenvalue weighted by Gasteiger charge is 2.68. The van der Waals surface area contributed by atoms with Gasteiger partial charge in [-0.15, -0.1) is 12.4 Å². The zero-order valence-electron chi connectivity index (χ0n) is 6.12. The van der Waals surface area contributed by atoms with Gasteiger partial charge in [0.15, 0.2) is 0 Å². The van der Waals surface area contributed by atoms with Gasteiger partial charge in [-0.3, -0.25) is 4.79 Å². The van der Waals surface area contributed by atoms with Crippen LogP contribution in [0.2, 0.25) is 0 Å². The molecule has 2 aliphatic rings. The van der Waals surface area contributed by atoms with E-state index in [0.717, 1.165) is 12.8 Å². The molecule has 0 bridgehead atoms. The maximum Gasteiger partial charge on any atom is 0.324 e. The molecule has 2 rings (SSSR count). The summed E-state index contributed by atoms with van der Waals surface area (Å²) in [5.41, 5.74) is 4.82. The molecule has 2 unspecified atom stereocenters. The van der Waals surface area contributed by atoms with E-state index in [-0.39, 0.29) is 12.4 Å². The quantitative estimate of drug-likeness (QED) is 0.617. The molecule has 0 aromatic heterocycles. The summed E-state index contributed by atoms with van der Waals surface area (Å²) in [6.45, 7) is 0. The van der Waals surface area contributed by atoms with Crippen LogP contribution in [0.15, 0.2) is 0 Å². The first-order chi connectivity index (χ1) is 4.67. The van der Waals surface area contributed by atoms with Crippen molar-refractivity contribution >= 4 is 18.4 Å². The molecule has 0 saturated heterocycles. The third-order valence-electron chi connectivity index (χ3n) is 3.00. The minimum absolute atomic E-state index is 0. The van der Waals surface area contributed by atoms with Crippen LogP contribution in [-0.2, 0) is 4.79 Å². The molecule has 0 amide bonds. The van der Waals surface area contributed by atoms with E-state index in [1.807, 2.05) is 0 Å². The fraction of sp³-hybridized carbons (Fsp3) is 0.857. The topological polar surface area (TPSA) is 63.3 Å². The Balaban J connectivity index is 0.000000605. The number of nitrogens with two attached hydrogens (primary N) is 1. The van der Waals surface area contributed by atoms with Gasteiger partial charge in [-0.25, -0.2) is 0 Å². The molecule has 0 aromatic carbocycles. The lowest BCUT2D eigenvalue weighted by Gasteiger charge is -2.07. The number of carboxylic acids is 1. The first kappa shape index (κ1) is 8.81. The van der Waals surface area contributed by atoms with Crippen molar-refractivity contribution in [1.29, 1.82) is 0 Å². The molecule has 3 N–H and O–H groups in total. The second kappa shape index (κ2) is 2.35. The Hall–Kier alpha value is -0.280. The van der Waals surface area contributed by atoms with Gasteiger partial charge in [-0.2, -0.15) is 0 Å². The van der Waals surface area contributed by atoms with Crippen molar-refractivity contribution in [2.75, 3.05) is 0 Å². The van der Waals surface area contributed by atoms with E-state index in [0.29, 0.717) is 11.8 Å². The molecule has 64 valence electrons. The van der Waals surface area contributed by atoms with Crippen molar-refractivity contribution < 1.29 is 9.90 Å². The highest BCUT2D eigenvalue weighted by molar-refractivity contribution is 5.85. The number of carbonyl (C=O) groups is 1. The first-order valence-corrected chi connectivity index (χ1v) is 3.69. The Bertz CT molecular complexity index is 185. The fourth-order valence-electron chi connectivity index (χ4n) is 2.32. The normalized spacial score (nSPS) is 45.9. The highest BCUT2D eigenvalue weighted by atomic mass is 35.5. The van der Waals surface area contributed by atoms with Crippen LogP contribution >= 0.6 is 12.4 Å². The van der Waals surface area contributed by atoms with Gasteiger partial charge in [0.1, 0.15) is 5.54 Å². The zero-order valence-corrected chi connectivity index (χ0v) is 6.93. The van der Waals surface area contributed by atoms with Crippen LogP contribution in [0.3, 0.4) is 0 Å². The third-order valence-corrected chi connectivity index (χ3v) is 3.00. The van der Waals surface area contributed by atoms with Crippen LogP contribution < -0.4 is 5.73 Å².